The fourth-order valence-electron chi connectivity index (χ4n) is 5.69. The Bertz CT molecular complexity index is 1490. The summed E-state index contributed by atoms with van der Waals surface area (Å²) in [7, 11) is 0. The van der Waals surface area contributed by atoms with E-state index in [1.165, 1.54) is 12.1 Å². The van der Waals surface area contributed by atoms with Crippen molar-refractivity contribution in [3.05, 3.63) is 69.8 Å². The Morgan fingerprint density at radius 1 is 1.12 bits per heavy atom. The summed E-state index contributed by atoms with van der Waals surface area (Å²) in [6.07, 6.45) is -6.16. The summed E-state index contributed by atoms with van der Waals surface area (Å²) < 4.78 is 55.9. The number of carboxylic acids is 1. The van der Waals surface area contributed by atoms with E-state index < -0.39 is 30.2 Å². The summed E-state index contributed by atoms with van der Waals surface area (Å²) in [6.45, 7) is 4.79. The lowest BCUT2D eigenvalue weighted by molar-refractivity contribution is -0.146. The molecule has 0 unspecified atom stereocenters. The molecule has 3 heterocycles. The number of carbonyl (C=O) groups is 2. The maximum absolute atomic E-state index is 14.2. The Hall–Kier alpha value is -3.64. The molecule has 0 spiro atoms. The molecule has 224 valence electrons. The number of likely N-dealkylation sites (tertiary alicyclic amines) is 1. The molecule has 2 atom stereocenters. The number of rotatable bonds is 7. The molecule has 1 aromatic heterocycles. The molecule has 5 rings (SSSR count). The van der Waals surface area contributed by atoms with Crippen LogP contribution in [0.5, 0.6) is 5.75 Å². The number of fused-ring (bicyclic) bond motifs is 3. The summed E-state index contributed by atoms with van der Waals surface area (Å²) in [5.41, 5.74) is 1.87. The van der Waals surface area contributed by atoms with E-state index in [0.717, 1.165) is 10.1 Å². The van der Waals surface area contributed by atoms with Crippen LogP contribution in [0.3, 0.4) is 0 Å². The quantitative estimate of drug-likeness (QED) is 0.356. The molecule has 1 N–H and O–H groups in total. The van der Waals surface area contributed by atoms with Crippen LogP contribution >= 0.6 is 11.6 Å². The molecule has 0 aliphatic carbocycles. The van der Waals surface area contributed by atoms with E-state index >= 15 is 0 Å². The number of carbonyl (C=O) groups excluding carboxylic acids is 1. The van der Waals surface area contributed by atoms with Crippen LogP contribution in [0.1, 0.15) is 73.2 Å². The fourth-order valence-corrected chi connectivity index (χ4v) is 5.87. The van der Waals surface area contributed by atoms with Crippen LogP contribution in [0.4, 0.5) is 13.2 Å². The van der Waals surface area contributed by atoms with Gasteiger partial charge < -0.3 is 19.5 Å². The lowest BCUT2D eigenvalue weighted by Gasteiger charge is -2.32. The molecular weight excluding hydrogens is 577 g/mol. The molecule has 0 radical (unpaired) electrons. The largest absolute Gasteiger partial charge is 0.494 e. The van der Waals surface area contributed by atoms with Crippen LogP contribution in [-0.4, -0.2) is 56.3 Å². The minimum absolute atomic E-state index is 0.0275. The Morgan fingerprint density at radius 2 is 1.86 bits per heavy atom. The molecule has 2 aliphatic heterocycles. The normalized spacial score (nSPS) is 19.1. The average Bonchev–Trinajstić information content (AvgIpc) is 3.34. The van der Waals surface area contributed by atoms with Crippen LogP contribution < -0.4 is 4.74 Å². The van der Waals surface area contributed by atoms with Crippen LogP contribution in [-0.2, 0) is 20.5 Å². The predicted molar refractivity (Wildman–Crippen MR) is 146 cm³/mol. The summed E-state index contributed by atoms with van der Waals surface area (Å²) >= 11 is 6.36. The van der Waals surface area contributed by atoms with E-state index in [4.69, 9.17) is 26.2 Å². The topological polar surface area (TPSA) is 107 Å². The molecule has 2 aliphatic rings. The number of halogens is 4. The molecule has 42 heavy (non-hydrogen) atoms. The highest BCUT2D eigenvalue weighted by Gasteiger charge is 2.44. The van der Waals surface area contributed by atoms with Crippen LogP contribution in [0, 0.1) is 12.8 Å². The number of aliphatic carboxylic acids is 1. The monoisotopic (exact) mass is 606 g/mol. The van der Waals surface area contributed by atoms with E-state index in [2.05, 4.69) is 10.2 Å². The van der Waals surface area contributed by atoms with Gasteiger partial charge in [-0.2, -0.15) is 13.2 Å². The van der Waals surface area contributed by atoms with Gasteiger partial charge in [-0.15, -0.1) is 10.2 Å². The van der Waals surface area contributed by atoms with Crippen molar-refractivity contribution in [3.63, 3.8) is 0 Å². The molecule has 9 nitrogen and oxygen atoms in total. The number of hydrogen-bond acceptors (Lipinski definition) is 6. The molecule has 13 heteroatoms. The zero-order valence-corrected chi connectivity index (χ0v) is 23.8. The van der Waals surface area contributed by atoms with Crippen molar-refractivity contribution in [1.82, 2.24) is 19.7 Å². The first kappa shape index (κ1) is 29.8. The van der Waals surface area contributed by atoms with E-state index in [-0.39, 0.29) is 36.2 Å². The second-order valence-electron chi connectivity index (χ2n) is 10.5. The number of alkyl halides is 3. The maximum atomic E-state index is 14.2. The second-order valence-corrected chi connectivity index (χ2v) is 10.9. The first-order valence-corrected chi connectivity index (χ1v) is 14.0. The van der Waals surface area contributed by atoms with Gasteiger partial charge in [0.15, 0.2) is 5.82 Å². The minimum Gasteiger partial charge on any atom is -0.494 e. The summed E-state index contributed by atoms with van der Waals surface area (Å²) in [5, 5.41) is 16.8. The first-order valence-electron chi connectivity index (χ1n) is 13.7. The number of amides is 1. The Kier molecular flexibility index (Phi) is 8.47. The molecule has 3 aromatic rings. The van der Waals surface area contributed by atoms with Crippen LogP contribution in [0.2, 0.25) is 5.02 Å². The van der Waals surface area contributed by atoms with Gasteiger partial charge in [0.05, 0.1) is 18.7 Å². The Balaban J connectivity index is 1.57. The number of benzene rings is 2. The summed E-state index contributed by atoms with van der Waals surface area (Å²) in [4.78, 5) is 26.2. The lowest BCUT2D eigenvalue weighted by atomic mass is 9.93. The van der Waals surface area contributed by atoms with Crippen molar-refractivity contribution in [1.29, 1.82) is 0 Å². The van der Waals surface area contributed by atoms with Gasteiger partial charge >= 0.3 is 12.1 Å². The van der Waals surface area contributed by atoms with Gasteiger partial charge in [0, 0.05) is 30.1 Å². The van der Waals surface area contributed by atoms with Gasteiger partial charge in [-0.25, -0.2) is 0 Å². The highest BCUT2D eigenvalue weighted by atomic mass is 35.5. The number of hydrogen-bond donors (Lipinski definition) is 1. The number of ether oxygens (including phenoxy) is 2. The lowest BCUT2D eigenvalue weighted by Crippen LogP contribution is -2.39. The van der Waals surface area contributed by atoms with Gasteiger partial charge in [-0.1, -0.05) is 23.7 Å². The van der Waals surface area contributed by atoms with Crippen LogP contribution in [0.25, 0.3) is 5.69 Å². The Morgan fingerprint density at radius 3 is 2.52 bits per heavy atom. The average molecular weight is 607 g/mol. The second kappa shape index (κ2) is 11.9. The van der Waals surface area contributed by atoms with Gasteiger partial charge in [0.25, 0.3) is 0 Å². The zero-order chi connectivity index (χ0) is 30.2. The molecule has 0 saturated carbocycles. The zero-order valence-electron chi connectivity index (χ0n) is 23.0. The minimum atomic E-state index is -4.84. The van der Waals surface area contributed by atoms with Crippen molar-refractivity contribution in [2.75, 3.05) is 19.7 Å². The maximum Gasteiger partial charge on any atom is 0.452 e. The van der Waals surface area contributed by atoms with Gasteiger partial charge in [-0.05, 0) is 68.0 Å². The molecule has 1 saturated heterocycles. The number of piperidine rings is 1. The SMILES string of the molecule is CCOc1cccc([C@H]2O[C@H](CC(=O)N3CCC(CC(=O)O)CC3)c3nnc(C(F)(F)F)n3-c3ccc(Cl)cc32)c1C. The third-order valence-corrected chi connectivity index (χ3v) is 7.98. The van der Waals surface area contributed by atoms with E-state index in [1.807, 2.05) is 13.8 Å². The van der Waals surface area contributed by atoms with Crippen LogP contribution in [0.15, 0.2) is 36.4 Å². The first-order chi connectivity index (χ1) is 20.0. The smallest absolute Gasteiger partial charge is 0.452 e. The highest BCUT2D eigenvalue weighted by molar-refractivity contribution is 6.30. The van der Waals surface area contributed by atoms with Crippen molar-refractivity contribution in [2.24, 2.45) is 5.92 Å². The van der Waals surface area contributed by atoms with E-state index in [0.29, 0.717) is 54.4 Å². The molecule has 1 fully saturated rings. The number of carboxylic acid groups (broad SMARTS) is 1. The standard InChI is InChI=1S/C29H30ClF3N4O5/c1-3-41-22-6-4-5-19(16(22)2)26-20-14-18(30)7-8-21(20)37-27(34-35-28(37)29(31,32)33)23(42-26)15-24(38)36-11-9-17(10-12-36)13-25(39)40/h4-8,14,17,23,26H,3,9-13,15H2,1-2H3,(H,39,40)/t23-,26-/m1/s1. The molecule has 2 aromatic carbocycles. The third-order valence-electron chi connectivity index (χ3n) is 7.74. The predicted octanol–water partition coefficient (Wildman–Crippen LogP) is 5.91. The highest BCUT2D eigenvalue weighted by Crippen LogP contribution is 2.45. The molecular formula is C29H30ClF3N4O5. The summed E-state index contributed by atoms with van der Waals surface area (Å²) in [5.74, 6) is -2.06. The third kappa shape index (κ3) is 5.96. The van der Waals surface area contributed by atoms with Gasteiger partial charge in [0.2, 0.25) is 11.7 Å². The van der Waals surface area contributed by atoms with Crippen molar-refractivity contribution in [2.45, 2.75) is 57.9 Å². The van der Waals surface area contributed by atoms with E-state index in [1.54, 1.807) is 29.2 Å². The van der Waals surface area contributed by atoms with E-state index in [9.17, 15) is 22.8 Å². The number of aromatic nitrogens is 3. The summed E-state index contributed by atoms with van der Waals surface area (Å²) in [6, 6.07) is 9.87. The van der Waals surface area contributed by atoms with Gasteiger partial charge in [0.1, 0.15) is 18.0 Å². The Labute approximate surface area is 245 Å². The fraction of sp³-hybridized carbons (Fsp3) is 0.448. The molecule has 0 bridgehead atoms. The number of nitrogens with zero attached hydrogens (tertiary/aromatic N) is 4. The van der Waals surface area contributed by atoms with Crippen molar-refractivity contribution in [3.8, 4) is 11.4 Å². The van der Waals surface area contributed by atoms with Crippen molar-refractivity contribution >= 4 is 23.5 Å². The van der Waals surface area contributed by atoms with Crippen molar-refractivity contribution < 1.29 is 37.3 Å². The van der Waals surface area contributed by atoms with Gasteiger partial charge in [-0.3, -0.25) is 14.2 Å². The molecule has 1 amide bonds.